The minimum absolute atomic E-state index is 0.00132. The summed E-state index contributed by atoms with van der Waals surface area (Å²) >= 11 is 1.27. The summed E-state index contributed by atoms with van der Waals surface area (Å²) in [4.78, 5) is 29.5. The van der Waals surface area contributed by atoms with Gasteiger partial charge in [-0.1, -0.05) is 23.5 Å². The van der Waals surface area contributed by atoms with Crippen molar-refractivity contribution in [1.29, 1.82) is 0 Å². The molecule has 0 aliphatic rings. The molecule has 0 saturated heterocycles. The first kappa shape index (κ1) is 24.7. The summed E-state index contributed by atoms with van der Waals surface area (Å²) in [5, 5.41) is -0.526. The van der Waals surface area contributed by atoms with Crippen LogP contribution in [0.3, 0.4) is 0 Å². The highest BCUT2D eigenvalue weighted by Gasteiger charge is 2.19. The zero-order chi connectivity index (χ0) is 24.2. The molecule has 0 saturated carbocycles. The number of rotatable bonds is 8. The Balaban J connectivity index is 1.93. The summed E-state index contributed by atoms with van der Waals surface area (Å²) in [5.74, 6) is -0.185. The van der Waals surface area contributed by atoms with Gasteiger partial charge >= 0.3 is 5.97 Å². The topological polar surface area (TPSA) is 104 Å². The van der Waals surface area contributed by atoms with Gasteiger partial charge in [-0.2, -0.15) is 4.99 Å². The molecule has 0 fully saturated rings. The highest BCUT2D eigenvalue weighted by Crippen LogP contribution is 2.24. The van der Waals surface area contributed by atoms with Gasteiger partial charge in [0.2, 0.25) is 0 Å². The molecule has 10 heteroatoms. The highest BCUT2D eigenvalue weighted by atomic mass is 32.2. The molecule has 3 aromatic rings. The third kappa shape index (κ3) is 5.69. The molecule has 2 aromatic carbocycles. The number of benzene rings is 2. The molecule has 0 radical (unpaired) electrons. The lowest BCUT2D eigenvalue weighted by Crippen LogP contribution is -2.22. The molecule has 0 N–H and O–H groups in total. The van der Waals surface area contributed by atoms with E-state index < -0.39 is 27.0 Å². The van der Waals surface area contributed by atoms with Gasteiger partial charge in [-0.15, -0.1) is 0 Å². The minimum atomic E-state index is -3.38. The third-order valence-corrected chi connectivity index (χ3v) is 8.14. The predicted octanol–water partition coefficient (Wildman–Crippen LogP) is 3.13. The first-order valence-corrected chi connectivity index (χ1v) is 12.8. The number of sulfone groups is 1. The van der Waals surface area contributed by atoms with Crippen LogP contribution in [0.5, 0.6) is 5.75 Å². The van der Waals surface area contributed by atoms with Gasteiger partial charge in [-0.3, -0.25) is 9.59 Å². The lowest BCUT2D eigenvalue weighted by atomic mass is 10.1. The van der Waals surface area contributed by atoms with Gasteiger partial charge < -0.3 is 14.0 Å². The third-order valence-electron chi connectivity index (χ3n) is 4.93. The number of aromatic nitrogens is 1. The van der Waals surface area contributed by atoms with Crippen molar-refractivity contribution in [2.45, 2.75) is 43.9 Å². The number of esters is 1. The molecule has 3 rings (SSSR count). The number of ether oxygens (including phenoxy) is 2. The highest BCUT2D eigenvalue weighted by molar-refractivity contribution is 7.92. The normalized spacial score (nSPS) is 12.3. The molecular weight excluding hydrogens is 464 g/mol. The van der Waals surface area contributed by atoms with Gasteiger partial charge in [-0.05, 0) is 56.7 Å². The Morgan fingerprint density at radius 1 is 1.12 bits per heavy atom. The average Bonchev–Trinajstić information content (AvgIpc) is 3.09. The van der Waals surface area contributed by atoms with Gasteiger partial charge in [0.15, 0.2) is 14.6 Å². The lowest BCUT2D eigenvalue weighted by molar-refractivity contribution is -0.141. The van der Waals surface area contributed by atoms with Crippen LogP contribution >= 0.6 is 11.3 Å². The second-order valence-corrected chi connectivity index (χ2v) is 11.0. The van der Waals surface area contributed by atoms with E-state index >= 15 is 0 Å². The van der Waals surface area contributed by atoms with Gasteiger partial charge in [0, 0.05) is 0 Å². The molecule has 176 valence electrons. The largest absolute Gasteiger partial charge is 0.494 e. The predicted molar refractivity (Wildman–Crippen MR) is 126 cm³/mol. The summed E-state index contributed by atoms with van der Waals surface area (Å²) in [6.07, 6.45) is -0.00132. The number of carbonyl (C=O) groups excluding carboxylic acids is 2. The zero-order valence-electron chi connectivity index (χ0n) is 18.9. The summed E-state index contributed by atoms with van der Waals surface area (Å²) in [5.41, 5.74) is 1.38. The van der Waals surface area contributed by atoms with Gasteiger partial charge in [0.25, 0.3) is 5.91 Å². The van der Waals surface area contributed by atoms with Crippen molar-refractivity contribution in [2.24, 2.45) is 4.99 Å². The van der Waals surface area contributed by atoms with E-state index in [0.717, 1.165) is 10.2 Å². The van der Waals surface area contributed by atoms with E-state index in [2.05, 4.69) is 4.99 Å². The van der Waals surface area contributed by atoms with Crippen molar-refractivity contribution in [2.75, 3.05) is 13.7 Å². The number of carbonyl (C=O) groups is 2. The monoisotopic (exact) mass is 490 g/mol. The summed E-state index contributed by atoms with van der Waals surface area (Å²) < 4.78 is 37.3. The molecule has 0 aliphatic heterocycles. The number of thiazole rings is 1. The van der Waals surface area contributed by atoms with E-state index in [1.165, 1.54) is 30.6 Å². The number of hydrogen-bond donors (Lipinski definition) is 0. The maximum atomic E-state index is 12.7. The van der Waals surface area contributed by atoms with Crippen molar-refractivity contribution >= 4 is 43.3 Å². The second kappa shape index (κ2) is 10.3. The molecule has 1 heterocycles. The molecule has 0 unspecified atom stereocenters. The fourth-order valence-corrected chi connectivity index (χ4v) is 5.27. The van der Waals surface area contributed by atoms with E-state index in [0.29, 0.717) is 22.7 Å². The van der Waals surface area contributed by atoms with Crippen molar-refractivity contribution < 1.29 is 27.5 Å². The second-order valence-electron chi connectivity index (χ2n) is 7.53. The van der Waals surface area contributed by atoms with E-state index in [9.17, 15) is 18.0 Å². The molecule has 33 heavy (non-hydrogen) atoms. The van der Waals surface area contributed by atoms with Crippen LogP contribution in [0.2, 0.25) is 0 Å². The molecule has 0 aliphatic carbocycles. The van der Waals surface area contributed by atoms with Crippen molar-refractivity contribution in [3.8, 4) is 5.75 Å². The number of methoxy groups -OCH3 is 1. The minimum Gasteiger partial charge on any atom is -0.494 e. The number of hydrogen-bond acceptors (Lipinski definition) is 7. The standard InChI is InChI=1S/C23H26N2O6S2/c1-5-31-17-8-11-19-20(13-17)32-23(25(19)14-22(27)30-4)24-21(26)12-16-6-9-18(10-7-16)33(28,29)15(2)3/h6-11,13,15H,5,12,14H2,1-4H3. The average molecular weight is 491 g/mol. The smallest absolute Gasteiger partial charge is 0.325 e. The SMILES string of the molecule is CCOc1ccc2c(c1)sc(=NC(=O)Cc1ccc(S(=O)(=O)C(C)C)cc1)n2CC(=O)OC. The summed E-state index contributed by atoms with van der Waals surface area (Å²) in [6.45, 7) is 5.57. The molecular formula is C23H26N2O6S2. The molecule has 1 aromatic heterocycles. The number of fused-ring (bicyclic) bond motifs is 1. The van der Waals surface area contributed by atoms with Gasteiger partial charge in [0.1, 0.15) is 12.3 Å². The number of amides is 1. The van der Waals surface area contributed by atoms with Crippen LogP contribution in [0.25, 0.3) is 10.2 Å². The Morgan fingerprint density at radius 2 is 1.82 bits per heavy atom. The Labute approximate surface area is 196 Å². The van der Waals surface area contributed by atoms with Crippen LogP contribution in [-0.4, -0.2) is 43.8 Å². The van der Waals surface area contributed by atoms with Crippen LogP contribution in [0, 0.1) is 0 Å². The molecule has 0 atom stereocenters. The summed E-state index contributed by atoms with van der Waals surface area (Å²) in [7, 11) is -2.08. The molecule has 8 nitrogen and oxygen atoms in total. The quantitative estimate of drug-likeness (QED) is 0.450. The van der Waals surface area contributed by atoms with Crippen molar-refractivity contribution in [3.63, 3.8) is 0 Å². The maximum Gasteiger partial charge on any atom is 0.325 e. The van der Waals surface area contributed by atoms with Crippen LogP contribution < -0.4 is 9.54 Å². The zero-order valence-corrected chi connectivity index (χ0v) is 20.5. The number of nitrogens with zero attached hydrogens (tertiary/aromatic N) is 2. The van der Waals surface area contributed by atoms with Crippen molar-refractivity contribution in [3.05, 3.63) is 52.8 Å². The molecule has 1 amide bonds. The van der Waals surface area contributed by atoms with Crippen molar-refractivity contribution in [1.82, 2.24) is 4.57 Å². The van der Waals surface area contributed by atoms with Crippen LogP contribution in [0.15, 0.2) is 52.4 Å². The van der Waals surface area contributed by atoms with Crippen LogP contribution in [0.4, 0.5) is 0 Å². The van der Waals surface area contributed by atoms with Crippen LogP contribution in [0.1, 0.15) is 26.3 Å². The molecule has 0 bridgehead atoms. The van der Waals surface area contributed by atoms with Crippen LogP contribution in [-0.2, 0) is 37.1 Å². The van der Waals surface area contributed by atoms with E-state index in [1.807, 2.05) is 19.1 Å². The van der Waals surface area contributed by atoms with Gasteiger partial charge in [0.05, 0.1) is 40.5 Å². The van der Waals surface area contributed by atoms with Gasteiger partial charge in [-0.25, -0.2) is 8.42 Å². The first-order chi connectivity index (χ1) is 15.6. The summed E-state index contributed by atoms with van der Waals surface area (Å²) in [6, 6.07) is 11.7. The lowest BCUT2D eigenvalue weighted by Gasteiger charge is -2.08. The maximum absolute atomic E-state index is 12.7. The fraction of sp³-hybridized carbons (Fsp3) is 0.348. The Morgan fingerprint density at radius 3 is 2.42 bits per heavy atom. The van der Waals surface area contributed by atoms with E-state index in [-0.39, 0.29) is 17.9 Å². The molecule has 0 spiro atoms. The Hall–Kier alpha value is -2.98. The van der Waals surface area contributed by atoms with E-state index in [4.69, 9.17) is 9.47 Å². The first-order valence-electron chi connectivity index (χ1n) is 10.4. The Bertz CT molecular complexity index is 1340. The Kier molecular flexibility index (Phi) is 7.70. The fourth-order valence-electron chi connectivity index (χ4n) is 3.13. The van der Waals surface area contributed by atoms with E-state index in [1.54, 1.807) is 36.6 Å².